The zero-order chi connectivity index (χ0) is 13.6. The lowest BCUT2D eigenvalue weighted by Crippen LogP contribution is -2.21. The molecule has 0 aromatic carbocycles. The third kappa shape index (κ3) is 3.97. The molecule has 0 amide bonds. The van der Waals surface area contributed by atoms with Gasteiger partial charge in [0.05, 0.1) is 18.9 Å². The molecular formula is C13H17N3O2S2. The lowest BCUT2D eigenvalue weighted by atomic mass is 10.1. The molecule has 0 aliphatic carbocycles. The van der Waals surface area contributed by atoms with Gasteiger partial charge in [0, 0.05) is 12.4 Å². The van der Waals surface area contributed by atoms with E-state index in [4.69, 9.17) is 9.15 Å². The second-order valence-electron chi connectivity index (χ2n) is 4.61. The monoisotopic (exact) mass is 311 g/mol. The van der Waals surface area contributed by atoms with Gasteiger partial charge >= 0.3 is 0 Å². The second kappa shape index (κ2) is 7.10. The molecule has 1 atom stereocenters. The Morgan fingerprint density at radius 3 is 3.20 bits per heavy atom. The van der Waals surface area contributed by atoms with E-state index in [0.717, 1.165) is 34.0 Å². The largest absolute Gasteiger partial charge is 0.467 e. The Kier molecular flexibility index (Phi) is 4.94. The molecule has 0 saturated carbocycles. The second-order valence-corrected chi connectivity index (χ2v) is 6.85. The molecule has 2 aromatic rings. The maximum atomic E-state index is 5.71. The Bertz CT molecular complexity index is 509. The number of thioether (sulfide) groups is 1. The summed E-state index contributed by atoms with van der Waals surface area (Å²) in [5.41, 5.74) is 0. The van der Waals surface area contributed by atoms with E-state index >= 15 is 0 Å². The predicted molar refractivity (Wildman–Crippen MR) is 80.3 cm³/mol. The molecule has 3 rings (SSSR count). The summed E-state index contributed by atoms with van der Waals surface area (Å²) < 4.78 is 12.0. The summed E-state index contributed by atoms with van der Waals surface area (Å²) in [7, 11) is 0. The normalized spacial score (nSPS) is 19.1. The summed E-state index contributed by atoms with van der Waals surface area (Å²) in [6.45, 7) is 1.54. The van der Waals surface area contributed by atoms with E-state index < -0.39 is 0 Å². The van der Waals surface area contributed by atoms with Crippen molar-refractivity contribution in [3.05, 3.63) is 24.2 Å². The minimum Gasteiger partial charge on any atom is -0.467 e. The molecule has 5 nitrogen and oxygen atoms in total. The molecule has 1 N–H and O–H groups in total. The first-order valence-electron chi connectivity index (χ1n) is 6.74. The fourth-order valence-electron chi connectivity index (χ4n) is 2.02. The Morgan fingerprint density at radius 2 is 2.40 bits per heavy atom. The van der Waals surface area contributed by atoms with E-state index in [1.54, 1.807) is 29.4 Å². The van der Waals surface area contributed by atoms with Crippen molar-refractivity contribution in [2.45, 2.75) is 36.3 Å². The van der Waals surface area contributed by atoms with Crippen molar-refractivity contribution in [1.82, 2.24) is 10.2 Å². The first-order chi connectivity index (χ1) is 9.90. The van der Waals surface area contributed by atoms with Gasteiger partial charge in [-0.3, -0.25) is 0 Å². The quantitative estimate of drug-likeness (QED) is 0.825. The van der Waals surface area contributed by atoms with Crippen LogP contribution in [0.3, 0.4) is 0 Å². The predicted octanol–water partition coefficient (Wildman–Crippen LogP) is 3.40. The van der Waals surface area contributed by atoms with Crippen molar-refractivity contribution in [2.24, 2.45) is 0 Å². The fraction of sp³-hybridized carbons (Fsp3) is 0.538. The summed E-state index contributed by atoms with van der Waals surface area (Å²) in [4.78, 5) is 0. The van der Waals surface area contributed by atoms with Crippen molar-refractivity contribution in [3.8, 4) is 0 Å². The molecule has 108 valence electrons. The molecule has 1 unspecified atom stereocenters. The molecule has 1 fully saturated rings. The Morgan fingerprint density at radius 1 is 1.40 bits per heavy atom. The van der Waals surface area contributed by atoms with Crippen molar-refractivity contribution >= 4 is 28.2 Å². The van der Waals surface area contributed by atoms with Crippen LogP contribution in [0.15, 0.2) is 27.2 Å². The highest BCUT2D eigenvalue weighted by Gasteiger charge is 2.15. The molecule has 2 aromatic heterocycles. The molecule has 7 heteroatoms. The standard InChI is InChI=1S/C13H17N3O2S2/c1-2-6-18-11(4-1)9-19-13-16-15-12(20-13)14-8-10-5-3-7-17-10/h3,5,7,11H,1-2,4,6,8-9H2,(H,14,15). The minimum absolute atomic E-state index is 0.372. The summed E-state index contributed by atoms with van der Waals surface area (Å²) in [6.07, 6.45) is 5.67. The van der Waals surface area contributed by atoms with Gasteiger partial charge in [0.15, 0.2) is 4.34 Å². The Labute approximate surface area is 126 Å². The zero-order valence-corrected chi connectivity index (χ0v) is 12.7. The highest BCUT2D eigenvalue weighted by atomic mass is 32.2. The van der Waals surface area contributed by atoms with Crippen LogP contribution < -0.4 is 5.32 Å². The van der Waals surface area contributed by atoms with Gasteiger partial charge in [-0.05, 0) is 31.4 Å². The number of nitrogens with zero attached hydrogens (tertiary/aromatic N) is 2. The highest BCUT2D eigenvalue weighted by molar-refractivity contribution is 8.01. The van der Waals surface area contributed by atoms with Crippen molar-refractivity contribution in [1.29, 1.82) is 0 Å². The lowest BCUT2D eigenvalue weighted by molar-refractivity contribution is 0.0315. The van der Waals surface area contributed by atoms with E-state index in [-0.39, 0.29) is 0 Å². The summed E-state index contributed by atoms with van der Waals surface area (Å²) in [5.74, 6) is 1.86. The highest BCUT2D eigenvalue weighted by Crippen LogP contribution is 2.28. The number of aromatic nitrogens is 2. The van der Waals surface area contributed by atoms with Gasteiger partial charge in [0.1, 0.15) is 5.76 Å². The van der Waals surface area contributed by atoms with Crippen LogP contribution in [0.4, 0.5) is 5.13 Å². The van der Waals surface area contributed by atoms with E-state index in [0.29, 0.717) is 12.6 Å². The van der Waals surface area contributed by atoms with Crippen LogP contribution >= 0.6 is 23.1 Å². The molecule has 1 aliphatic heterocycles. The topological polar surface area (TPSA) is 60.2 Å². The van der Waals surface area contributed by atoms with E-state index in [2.05, 4.69) is 15.5 Å². The number of rotatable bonds is 6. The van der Waals surface area contributed by atoms with Crippen LogP contribution in [0.1, 0.15) is 25.0 Å². The van der Waals surface area contributed by atoms with E-state index in [1.165, 1.54) is 12.8 Å². The van der Waals surface area contributed by atoms with E-state index in [1.807, 2.05) is 12.1 Å². The number of hydrogen-bond donors (Lipinski definition) is 1. The molecular weight excluding hydrogens is 294 g/mol. The maximum Gasteiger partial charge on any atom is 0.206 e. The van der Waals surface area contributed by atoms with Crippen LogP contribution in [-0.2, 0) is 11.3 Å². The number of nitrogens with one attached hydrogen (secondary N) is 1. The minimum atomic E-state index is 0.372. The molecule has 0 bridgehead atoms. The smallest absolute Gasteiger partial charge is 0.206 e. The van der Waals surface area contributed by atoms with Crippen molar-refractivity contribution in [2.75, 3.05) is 17.7 Å². The molecule has 0 spiro atoms. The van der Waals surface area contributed by atoms with Crippen molar-refractivity contribution in [3.63, 3.8) is 0 Å². The third-order valence-corrected chi connectivity index (χ3v) is 5.21. The Balaban J connectivity index is 1.44. The summed E-state index contributed by atoms with van der Waals surface area (Å²) in [5, 5.41) is 12.4. The van der Waals surface area contributed by atoms with Gasteiger partial charge in [-0.1, -0.05) is 23.1 Å². The Hall–Kier alpha value is -1.05. The van der Waals surface area contributed by atoms with Crippen LogP contribution in [0.5, 0.6) is 0 Å². The van der Waals surface area contributed by atoms with Crippen LogP contribution in [0.25, 0.3) is 0 Å². The van der Waals surface area contributed by atoms with Gasteiger partial charge in [0.25, 0.3) is 0 Å². The van der Waals surface area contributed by atoms with Gasteiger partial charge in [-0.15, -0.1) is 10.2 Å². The third-order valence-electron chi connectivity index (χ3n) is 3.07. The first kappa shape index (κ1) is 13.9. The first-order valence-corrected chi connectivity index (χ1v) is 8.54. The average Bonchev–Trinajstić information content (AvgIpc) is 3.16. The van der Waals surface area contributed by atoms with Crippen LogP contribution in [-0.4, -0.2) is 28.7 Å². The lowest BCUT2D eigenvalue weighted by Gasteiger charge is -2.21. The number of anilines is 1. The SMILES string of the molecule is c1coc(CNc2nnc(SCC3CCCCO3)s2)c1. The van der Waals surface area contributed by atoms with Gasteiger partial charge in [-0.25, -0.2) is 0 Å². The fourth-order valence-corrected chi connectivity index (χ4v) is 3.86. The number of hydrogen-bond acceptors (Lipinski definition) is 7. The zero-order valence-electron chi connectivity index (χ0n) is 11.1. The summed E-state index contributed by atoms with van der Waals surface area (Å²) >= 11 is 3.30. The molecule has 1 saturated heterocycles. The number of furan rings is 1. The van der Waals surface area contributed by atoms with Crippen molar-refractivity contribution < 1.29 is 9.15 Å². The van der Waals surface area contributed by atoms with Crippen LogP contribution in [0.2, 0.25) is 0 Å². The molecule has 0 radical (unpaired) electrons. The molecule has 20 heavy (non-hydrogen) atoms. The van der Waals surface area contributed by atoms with E-state index in [9.17, 15) is 0 Å². The average molecular weight is 311 g/mol. The summed E-state index contributed by atoms with van der Waals surface area (Å²) in [6, 6.07) is 3.81. The van der Waals surface area contributed by atoms with Gasteiger partial charge in [0.2, 0.25) is 5.13 Å². The van der Waals surface area contributed by atoms with Crippen LogP contribution in [0, 0.1) is 0 Å². The maximum absolute atomic E-state index is 5.71. The van der Waals surface area contributed by atoms with Gasteiger partial charge in [-0.2, -0.15) is 0 Å². The molecule has 3 heterocycles. The van der Waals surface area contributed by atoms with Gasteiger partial charge < -0.3 is 14.5 Å². The molecule has 1 aliphatic rings. The number of ether oxygens (including phenoxy) is 1.